The van der Waals surface area contributed by atoms with Gasteiger partial charge in [-0.2, -0.15) is 0 Å². The van der Waals surface area contributed by atoms with Gasteiger partial charge in [0, 0.05) is 18.4 Å². The van der Waals surface area contributed by atoms with Gasteiger partial charge >= 0.3 is 0 Å². The third-order valence-electron chi connectivity index (χ3n) is 3.22. The highest BCUT2D eigenvalue weighted by atomic mass is 32.2. The number of rotatable bonds is 6. The molecule has 1 N–H and O–H groups in total. The first kappa shape index (κ1) is 15.9. The summed E-state index contributed by atoms with van der Waals surface area (Å²) in [7, 11) is -3.43. The maximum absolute atomic E-state index is 12.0. The van der Waals surface area contributed by atoms with Crippen molar-refractivity contribution in [1.82, 2.24) is 9.71 Å². The zero-order valence-electron chi connectivity index (χ0n) is 12.3. The second kappa shape index (κ2) is 7.04. The van der Waals surface area contributed by atoms with E-state index in [9.17, 15) is 8.42 Å². The topological polar surface area (TPSA) is 59.1 Å². The molecule has 0 unspecified atom stereocenters. The predicted molar refractivity (Wildman–Crippen MR) is 95.7 cm³/mol. The van der Waals surface area contributed by atoms with Gasteiger partial charge < -0.3 is 0 Å². The summed E-state index contributed by atoms with van der Waals surface area (Å²) >= 11 is 1.59. The van der Waals surface area contributed by atoms with Gasteiger partial charge in [0.1, 0.15) is 0 Å². The molecule has 0 aliphatic carbocycles. The highest BCUT2D eigenvalue weighted by molar-refractivity contribution is 7.92. The Morgan fingerprint density at radius 1 is 1.04 bits per heavy atom. The summed E-state index contributed by atoms with van der Waals surface area (Å²) in [6.07, 6.45) is 2.16. The van der Waals surface area contributed by atoms with Crippen LogP contribution in [0.5, 0.6) is 0 Å². The maximum Gasteiger partial charge on any atom is 0.233 e. The average molecular weight is 344 g/mol. The molecule has 0 saturated heterocycles. The highest BCUT2D eigenvalue weighted by Gasteiger charge is 2.07. The summed E-state index contributed by atoms with van der Waals surface area (Å²) < 4.78 is 27.6. The van der Waals surface area contributed by atoms with Gasteiger partial charge in [0.05, 0.1) is 15.2 Å². The van der Waals surface area contributed by atoms with Crippen LogP contribution < -0.4 is 4.72 Å². The van der Waals surface area contributed by atoms with Crippen molar-refractivity contribution < 1.29 is 8.42 Å². The minimum atomic E-state index is -3.43. The summed E-state index contributed by atoms with van der Waals surface area (Å²) in [5, 5.41) is 2.13. The normalized spacial score (nSPS) is 12.2. The lowest BCUT2D eigenvalue weighted by Crippen LogP contribution is -2.23. The lowest BCUT2D eigenvalue weighted by Gasteiger charge is -2.00. The Balaban J connectivity index is 1.58. The Morgan fingerprint density at radius 3 is 2.57 bits per heavy atom. The first-order valence-corrected chi connectivity index (χ1v) is 9.56. The number of hydrogen-bond donors (Lipinski definition) is 1. The molecule has 0 atom stereocenters. The largest absolute Gasteiger partial charge is 0.241 e. The molecule has 4 nitrogen and oxygen atoms in total. The lowest BCUT2D eigenvalue weighted by molar-refractivity contribution is 0.591. The molecule has 0 spiro atoms. The van der Waals surface area contributed by atoms with E-state index in [1.807, 2.05) is 54.6 Å². The third kappa shape index (κ3) is 4.48. The molecule has 0 aliphatic rings. The summed E-state index contributed by atoms with van der Waals surface area (Å²) in [5.74, 6) is 0. The first-order chi connectivity index (χ1) is 11.1. The van der Waals surface area contributed by atoms with Crippen LogP contribution in [0.15, 0.2) is 60.0 Å². The number of thiazole rings is 1. The molecule has 23 heavy (non-hydrogen) atoms. The van der Waals surface area contributed by atoms with Crippen molar-refractivity contribution >= 4 is 37.7 Å². The molecule has 0 fully saturated rings. The van der Waals surface area contributed by atoms with E-state index in [1.54, 1.807) is 17.4 Å². The Hall–Kier alpha value is -2.02. The molecule has 0 saturated carbocycles. The number of nitrogens with one attached hydrogen (secondary N) is 1. The monoisotopic (exact) mass is 344 g/mol. The number of fused-ring (bicyclic) bond motifs is 1. The minimum absolute atomic E-state index is 0.335. The van der Waals surface area contributed by atoms with Crippen molar-refractivity contribution in [2.75, 3.05) is 6.54 Å². The van der Waals surface area contributed by atoms with Crippen molar-refractivity contribution in [3.05, 3.63) is 70.6 Å². The Bertz CT molecular complexity index is 883. The van der Waals surface area contributed by atoms with Crippen LogP contribution in [0.25, 0.3) is 16.3 Å². The van der Waals surface area contributed by atoms with Crippen molar-refractivity contribution in [2.24, 2.45) is 0 Å². The molecule has 2 aromatic carbocycles. The summed E-state index contributed by atoms with van der Waals surface area (Å²) in [4.78, 5) is 4.49. The average Bonchev–Trinajstić information content (AvgIpc) is 2.96. The summed E-state index contributed by atoms with van der Waals surface area (Å²) in [6.45, 7) is 0.335. The molecule has 118 valence electrons. The predicted octanol–water partition coefficient (Wildman–Crippen LogP) is 3.43. The second-order valence-corrected chi connectivity index (χ2v) is 7.74. The number of aromatic nitrogens is 1. The Kier molecular flexibility index (Phi) is 4.85. The Labute approximate surface area is 139 Å². The molecule has 1 heterocycles. The number of sulfonamides is 1. The van der Waals surface area contributed by atoms with Crippen molar-refractivity contribution in [1.29, 1.82) is 0 Å². The van der Waals surface area contributed by atoms with E-state index in [0.29, 0.717) is 13.0 Å². The molecule has 0 amide bonds. The fourth-order valence-electron chi connectivity index (χ4n) is 2.11. The fraction of sp³-hybridized carbons (Fsp3) is 0.118. The molecular weight excluding hydrogens is 328 g/mol. The van der Waals surface area contributed by atoms with Crippen molar-refractivity contribution in [3.63, 3.8) is 0 Å². The molecule has 3 rings (SSSR count). The van der Waals surface area contributed by atoms with Crippen LogP contribution in [-0.2, 0) is 16.4 Å². The number of benzene rings is 2. The Morgan fingerprint density at radius 2 is 1.78 bits per heavy atom. The molecule has 3 aromatic rings. The number of nitrogens with zero attached hydrogens (tertiary/aromatic N) is 1. The third-order valence-corrected chi connectivity index (χ3v) is 5.42. The molecule has 6 heteroatoms. The zero-order chi connectivity index (χ0) is 16.1. The van der Waals surface area contributed by atoms with Gasteiger partial charge in [0.2, 0.25) is 10.0 Å². The van der Waals surface area contributed by atoms with Gasteiger partial charge in [-0.1, -0.05) is 42.5 Å². The maximum atomic E-state index is 12.0. The lowest BCUT2D eigenvalue weighted by atomic mass is 10.2. The number of hydrogen-bond acceptors (Lipinski definition) is 4. The molecule has 0 aliphatic heterocycles. The van der Waals surface area contributed by atoms with Crippen molar-refractivity contribution in [3.8, 4) is 0 Å². The van der Waals surface area contributed by atoms with Gasteiger partial charge in [-0.25, -0.2) is 18.1 Å². The van der Waals surface area contributed by atoms with Crippen LogP contribution in [0.3, 0.4) is 0 Å². The zero-order valence-corrected chi connectivity index (χ0v) is 14.0. The van der Waals surface area contributed by atoms with E-state index in [1.165, 1.54) is 5.41 Å². The van der Waals surface area contributed by atoms with Crippen LogP contribution in [0.4, 0.5) is 0 Å². The van der Waals surface area contributed by atoms with Crippen LogP contribution in [0.2, 0.25) is 0 Å². The highest BCUT2D eigenvalue weighted by Crippen LogP contribution is 2.21. The van der Waals surface area contributed by atoms with Crippen LogP contribution in [0.1, 0.15) is 10.6 Å². The molecular formula is C17H16N2O2S2. The van der Waals surface area contributed by atoms with E-state index >= 15 is 0 Å². The molecule has 0 bridgehead atoms. The van der Waals surface area contributed by atoms with Crippen LogP contribution >= 0.6 is 11.3 Å². The summed E-state index contributed by atoms with van der Waals surface area (Å²) in [5.41, 5.74) is 1.81. The van der Waals surface area contributed by atoms with Gasteiger partial charge in [0.25, 0.3) is 0 Å². The SMILES string of the molecule is O=S(=O)(C=Cc1ccccc1)NCCc1nc2ccccc2s1. The van der Waals surface area contributed by atoms with Crippen LogP contribution in [0, 0.1) is 0 Å². The molecule has 0 radical (unpaired) electrons. The van der Waals surface area contributed by atoms with Gasteiger partial charge in [0.15, 0.2) is 0 Å². The van der Waals surface area contributed by atoms with Crippen LogP contribution in [-0.4, -0.2) is 19.9 Å². The van der Waals surface area contributed by atoms with Gasteiger partial charge in [-0.15, -0.1) is 11.3 Å². The fourth-order valence-corrected chi connectivity index (χ4v) is 3.89. The standard InChI is InChI=1S/C17H16N2O2S2/c20-23(21,13-11-14-6-2-1-3-7-14)18-12-10-17-19-15-8-4-5-9-16(15)22-17/h1-9,11,13,18H,10,12H2. The molecule has 1 aromatic heterocycles. The second-order valence-electron chi connectivity index (χ2n) is 4.98. The van der Waals surface area contributed by atoms with E-state index in [0.717, 1.165) is 20.8 Å². The van der Waals surface area contributed by atoms with Gasteiger partial charge in [-0.05, 0) is 23.8 Å². The summed E-state index contributed by atoms with van der Waals surface area (Å²) in [6, 6.07) is 17.2. The smallest absolute Gasteiger partial charge is 0.233 e. The van der Waals surface area contributed by atoms with Gasteiger partial charge in [-0.3, -0.25) is 0 Å². The van der Waals surface area contributed by atoms with E-state index in [-0.39, 0.29) is 0 Å². The van der Waals surface area contributed by atoms with E-state index in [2.05, 4.69) is 9.71 Å². The first-order valence-electron chi connectivity index (χ1n) is 7.20. The quantitative estimate of drug-likeness (QED) is 0.745. The van der Waals surface area contributed by atoms with E-state index < -0.39 is 10.0 Å². The minimum Gasteiger partial charge on any atom is -0.241 e. The van der Waals surface area contributed by atoms with Crippen molar-refractivity contribution in [2.45, 2.75) is 6.42 Å². The van der Waals surface area contributed by atoms with E-state index in [4.69, 9.17) is 0 Å². The number of para-hydroxylation sites is 1.